The van der Waals surface area contributed by atoms with Gasteiger partial charge in [0, 0.05) is 17.7 Å². The Morgan fingerprint density at radius 2 is 2.14 bits per heavy atom. The third-order valence-corrected chi connectivity index (χ3v) is 2.51. The Bertz CT molecular complexity index is 415. The zero-order valence-corrected chi connectivity index (χ0v) is 8.30. The molecule has 0 spiro atoms. The Morgan fingerprint density at radius 1 is 1.36 bits per heavy atom. The number of benzene rings is 1. The van der Waals surface area contributed by atoms with Crippen LogP contribution in [0, 0.1) is 0 Å². The van der Waals surface area contributed by atoms with Crippen molar-refractivity contribution < 1.29 is 9.59 Å². The van der Waals surface area contributed by atoms with E-state index in [1.54, 1.807) is 18.2 Å². The van der Waals surface area contributed by atoms with E-state index in [4.69, 9.17) is 0 Å². The Labute approximate surface area is 86.9 Å². The van der Waals surface area contributed by atoms with Gasteiger partial charge < -0.3 is 5.32 Å². The van der Waals surface area contributed by atoms with E-state index in [0.29, 0.717) is 18.4 Å². The van der Waals surface area contributed by atoms with E-state index in [2.05, 4.69) is 17.9 Å². The summed E-state index contributed by atoms with van der Waals surface area (Å²) in [6.07, 6.45) is 1.17. The van der Waals surface area contributed by atoms with Crippen LogP contribution >= 0.6 is 12.6 Å². The number of amides is 1. The molecule has 0 atom stereocenters. The molecule has 0 bridgehead atoms. The third-order valence-electron chi connectivity index (χ3n) is 2.25. The molecule has 72 valence electrons. The summed E-state index contributed by atoms with van der Waals surface area (Å²) in [6.45, 7) is 0. The van der Waals surface area contributed by atoms with Crippen LogP contribution in [0.25, 0.3) is 0 Å². The maximum Gasteiger partial charge on any atom is 0.224 e. The number of carbonyl (C=O) groups is 2. The van der Waals surface area contributed by atoms with Crippen LogP contribution in [0.1, 0.15) is 22.3 Å². The van der Waals surface area contributed by atoms with Crippen molar-refractivity contribution in [3.8, 4) is 0 Å². The van der Waals surface area contributed by atoms with Crippen LogP contribution in [-0.2, 0) is 11.2 Å². The highest BCUT2D eigenvalue weighted by Crippen LogP contribution is 2.23. The third kappa shape index (κ3) is 1.65. The molecule has 1 aliphatic rings. The Balaban J connectivity index is 2.41. The minimum Gasteiger partial charge on any atom is -0.326 e. The van der Waals surface area contributed by atoms with Crippen molar-refractivity contribution in [1.82, 2.24) is 0 Å². The number of carbonyl (C=O) groups excluding carboxylic acids is 2. The smallest absolute Gasteiger partial charge is 0.224 e. The Hall–Kier alpha value is -1.29. The predicted octanol–water partition coefficient (Wildman–Crippen LogP) is 1.64. The quantitative estimate of drug-likeness (QED) is 0.688. The average Bonchev–Trinajstić information content (AvgIpc) is 2.16. The molecule has 14 heavy (non-hydrogen) atoms. The minimum atomic E-state index is -0.246. The molecule has 0 unspecified atom stereocenters. The maximum absolute atomic E-state index is 11.1. The first-order valence-electron chi connectivity index (χ1n) is 4.33. The molecule has 1 aromatic rings. The summed E-state index contributed by atoms with van der Waals surface area (Å²) in [5.41, 5.74) is 2.38. The summed E-state index contributed by atoms with van der Waals surface area (Å²) >= 11 is 3.75. The zero-order chi connectivity index (χ0) is 10.1. The van der Waals surface area contributed by atoms with Crippen molar-refractivity contribution in [3.05, 3.63) is 29.3 Å². The van der Waals surface area contributed by atoms with Crippen LogP contribution in [0.5, 0.6) is 0 Å². The number of fused-ring (bicyclic) bond motifs is 1. The number of hydrogen-bond acceptors (Lipinski definition) is 2. The van der Waals surface area contributed by atoms with Gasteiger partial charge in [-0.05, 0) is 30.2 Å². The van der Waals surface area contributed by atoms with Gasteiger partial charge in [-0.2, -0.15) is 0 Å². The van der Waals surface area contributed by atoms with Crippen LogP contribution in [-0.4, -0.2) is 11.0 Å². The first-order chi connectivity index (χ1) is 6.66. The van der Waals surface area contributed by atoms with Crippen LogP contribution in [0.2, 0.25) is 0 Å². The highest BCUT2D eigenvalue weighted by molar-refractivity contribution is 7.97. The number of aryl methyl sites for hydroxylation is 1. The van der Waals surface area contributed by atoms with Crippen molar-refractivity contribution in [2.75, 3.05) is 5.32 Å². The number of anilines is 1. The molecule has 1 aromatic carbocycles. The zero-order valence-electron chi connectivity index (χ0n) is 7.41. The number of hydrogen-bond donors (Lipinski definition) is 2. The first-order valence-corrected chi connectivity index (χ1v) is 4.77. The second-order valence-corrected chi connectivity index (χ2v) is 3.63. The van der Waals surface area contributed by atoms with E-state index < -0.39 is 0 Å². The summed E-state index contributed by atoms with van der Waals surface area (Å²) in [4.78, 5) is 22.0. The lowest BCUT2D eigenvalue weighted by Crippen LogP contribution is -2.19. The van der Waals surface area contributed by atoms with E-state index in [1.165, 1.54) is 0 Å². The van der Waals surface area contributed by atoms with Gasteiger partial charge in [0.05, 0.1) is 0 Å². The molecule has 0 saturated carbocycles. The molecule has 0 aromatic heterocycles. The fourth-order valence-corrected chi connectivity index (χ4v) is 1.66. The highest BCUT2D eigenvalue weighted by atomic mass is 32.1. The minimum absolute atomic E-state index is 0.0300. The molecular formula is C10H9NO2S. The van der Waals surface area contributed by atoms with Crippen LogP contribution < -0.4 is 5.32 Å². The van der Waals surface area contributed by atoms with Gasteiger partial charge in [-0.1, -0.05) is 0 Å². The summed E-state index contributed by atoms with van der Waals surface area (Å²) < 4.78 is 0. The molecular weight excluding hydrogens is 198 g/mol. The van der Waals surface area contributed by atoms with Crippen molar-refractivity contribution in [1.29, 1.82) is 0 Å². The van der Waals surface area contributed by atoms with Gasteiger partial charge in [0.25, 0.3) is 0 Å². The van der Waals surface area contributed by atoms with Gasteiger partial charge in [0.15, 0.2) is 0 Å². The largest absolute Gasteiger partial charge is 0.326 e. The molecule has 1 aliphatic heterocycles. The molecule has 4 heteroatoms. The SMILES string of the molecule is O=C1CCc2cc(C(=O)S)ccc2N1. The number of thiol groups is 1. The molecule has 1 N–H and O–H groups in total. The monoisotopic (exact) mass is 207 g/mol. The van der Waals surface area contributed by atoms with Gasteiger partial charge in [0.1, 0.15) is 0 Å². The van der Waals surface area contributed by atoms with Gasteiger partial charge >= 0.3 is 0 Å². The number of rotatable bonds is 1. The fourth-order valence-electron chi connectivity index (χ4n) is 1.52. The first kappa shape index (κ1) is 9.27. The van der Waals surface area contributed by atoms with Crippen molar-refractivity contribution >= 4 is 29.3 Å². The van der Waals surface area contributed by atoms with E-state index in [-0.39, 0.29) is 11.0 Å². The van der Waals surface area contributed by atoms with Gasteiger partial charge in [-0.25, -0.2) is 0 Å². The predicted molar refractivity (Wildman–Crippen MR) is 56.7 cm³/mol. The van der Waals surface area contributed by atoms with E-state index >= 15 is 0 Å². The lowest BCUT2D eigenvalue weighted by Gasteiger charge is -2.16. The van der Waals surface area contributed by atoms with Crippen molar-refractivity contribution in [2.45, 2.75) is 12.8 Å². The molecule has 2 rings (SSSR count). The van der Waals surface area contributed by atoms with E-state index in [1.807, 2.05) is 0 Å². The normalized spacial score (nSPS) is 14.5. The number of nitrogens with one attached hydrogen (secondary N) is 1. The topological polar surface area (TPSA) is 46.2 Å². The standard InChI is InChI=1S/C10H9NO2S/c12-9-4-2-6-5-7(10(13)14)1-3-8(6)11-9/h1,3,5H,2,4H2,(H,11,12)(H,13,14). The van der Waals surface area contributed by atoms with E-state index in [0.717, 1.165) is 11.3 Å². The van der Waals surface area contributed by atoms with Crippen molar-refractivity contribution in [3.63, 3.8) is 0 Å². The summed E-state index contributed by atoms with van der Waals surface area (Å²) in [7, 11) is 0. The molecule has 1 amide bonds. The summed E-state index contributed by atoms with van der Waals surface area (Å²) in [6, 6.07) is 5.19. The second kappa shape index (κ2) is 3.46. The average molecular weight is 207 g/mol. The summed E-state index contributed by atoms with van der Waals surface area (Å²) in [5.74, 6) is 0.0300. The lowest BCUT2D eigenvalue weighted by molar-refractivity contribution is -0.116. The summed E-state index contributed by atoms with van der Waals surface area (Å²) in [5, 5.41) is 2.51. The van der Waals surface area contributed by atoms with Crippen LogP contribution in [0.4, 0.5) is 5.69 Å². The molecule has 0 fully saturated rings. The van der Waals surface area contributed by atoms with Crippen LogP contribution in [0.3, 0.4) is 0 Å². The van der Waals surface area contributed by atoms with Gasteiger partial charge in [-0.15, -0.1) is 12.6 Å². The Kier molecular flexibility index (Phi) is 2.29. The van der Waals surface area contributed by atoms with Crippen LogP contribution in [0.15, 0.2) is 18.2 Å². The second-order valence-electron chi connectivity index (χ2n) is 3.23. The Morgan fingerprint density at radius 3 is 2.86 bits per heavy atom. The molecule has 0 aliphatic carbocycles. The maximum atomic E-state index is 11.1. The fraction of sp³-hybridized carbons (Fsp3) is 0.200. The molecule has 0 radical (unpaired) electrons. The van der Waals surface area contributed by atoms with Crippen molar-refractivity contribution in [2.24, 2.45) is 0 Å². The lowest BCUT2D eigenvalue weighted by atomic mass is 10.0. The molecule has 0 saturated heterocycles. The molecule has 1 heterocycles. The van der Waals surface area contributed by atoms with E-state index in [9.17, 15) is 9.59 Å². The van der Waals surface area contributed by atoms with Gasteiger partial charge in [-0.3, -0.25) is 9.59 Å². The highest BCUT2D eigenvalue weighted by Gasteiger charge is 2.15. The van der Waals surface area contributed by atoms with Gasteiger partial charge in [0.2, 0.25) is 11.0 Å². The molecule has 3 nitrogen and oxygen atoms in total.